The van der Waals surface area contributed by atoms with E-state index < -0.39 is 24.1 Å². The van der Waals surface area contributed by atoms with Gasteiger partial charge in [0, 0.05) is 0 Å². The van der Waals surface area contributed by atoms with Crippen LogP contribution in [0.2, 0.25) is 0 Å². The number of carboxylic acids is 1. The number of methoxy groups -OCH3 is 2. The number of phenols is 1. The van der Waals surface area contributed by atoms with Gasteiger partial charge in [-0.1, -0.05) is 6.07 Å². The summed E-state index contributed by atoms with van der Waals surface area (Å²) in [6, 6.07) is 6.41. The zero-order valence-electron chi connectivity index (χ0n) is 16.4. The molecular weight excluding hydrogens is 401 g/mol. The molecule has 0 aliphatic heterocycles. The Hall–Kier alpha value is -3.42. The Morgan fingerprint density at radius 2 is 1.67 bits per heavy atom. The van der Waals surface area contributed by atoms with E-state index in [1.165, 1.54) is 20.3 Å². The molecule has 1 aliphatic carbocycles. The minimum atomic E-state index is -4.54. The third kappa shape index (κ3) is 3.85. The first-order chi connectivity index (χ1) is 14.1. The van der Waals surface area contributed by atoms with Gasteiger partial charge >= 0.3 is 12.1 Å². The second-order valence-electron chi connectivity index (χ2n) is 6.76. The molecule has 0 aromatic heterocycles. The highest BCUT2D eigenvalue weighted by molar-refractivity contribution is 6.07. The maximum Gasteiger partial charge on any atom is 0.416 e. The highest BCUT2D eigenvalue weighted by Gasteiger charge is 2.34. The fourth-order valence-corrected chi connectivity index (χ4v) is 3.50. The van der Waals surface area contributed by atoms with Gasteiger partial charge in [0.15, 0.2) is 11.5 Å². The van der Waals surface area contributed by atoms with Gasteiger partial charge in [0.2, 0.25) is 5.75 Å². The van der Waals surface area contributed by atoms with Crippen molar-refractivity contribution in [2.45, 2.75) is 19.5 Å². The molecule has 8 heteroatoms. The second kappa shape index (κ2) is 7.78. The lowest BCUT2D eigenvalue weighted by atomic mass is 9.98. The van der Waals surface area contributed by atoms with Crippen LogP contribution < -0.4 is 9.47 Å². The number of carbonyl (C=O) groups is 1. The van der Waals surface area contributed by atoms with E-state index in [2.05, 4.69) is 0 Å². The SMILES string of the molecule is COc1cc(/C=C2/C(C)=C(CC(=O)O)c3cc(C(F)(F)F)ccc32)cc(OC)c1O. The molecule has 0 bridgehead atoms. The number of aromatic hydroxyl groups is 1. The summed E-state index contributed by atoms with van der Waals surface area (Å²) in [6.07, 6.45) is -3.25. The number of fused-ring (bicyclic) bond motifs is 1. The first kappa shape index (κ1) is 21.3. The monoisotopic (exact) mass is 420 g/mol. The van der Waals surface area contributed by atoms with E-state index in [-0.39, 0.29) is 22.8 Å². The number of alkyl halides is 3. The summed E-state index contributed by atoms with van der Waals surface area (Å²) in [6.45, 7) is 1.67. The summed E-state index contributed by atoms with van der Waals surface area (Å²) < 4.78 is 49.9. The Balaban J connectivity index is 2.22. The number of allylic oxidation sites excluding steroid dienone is 2. The number of halogens is 3. The second-order valence-corrected chi connectivity index (χ2v) is 6.76. The third-order valence-corrected chi connectivity index (χ3v) is 4.96. The normalized spacial score (nSPS) is 14.8. The van der Waals surface area contributed by atoms with Gasteiger partial charge in [-0.05, 0) is 70.7 Å². The molecule has 0 spiro atoms. The van der Waals surface area contributed by atoms with Crippen molar-refractivity contribution in [1.29, 1.82) is 0 Å². The number of hydrogen-bond donors (Lipinski definition) is 2. The first-order valence-electron chi connectivity index (χ1n) is 8.87. The molecule has 1 aliphatic rings. The van der Waals surface area contributed by atoms with E-state index in [9.17, 15) is 28.2 Å². The lowest BCUT2D eigenvalue weighted by Crippen LogP contribution is -2.06. The molecule has 2 N–H and O–H groups in total. The van der Waals surface area contributed by atoms with Crippen molar-refractivity contribution in [3.63, 3.8) is 0 Å². The molecule has 0 atom stereocenters. The lowest BCUT2D eigenvalue weighted by molar-refractivity contribution is -0.137. The van der Waals surface area contributed by atoms with Crippen molar-refractivity contribution in [1.82, 2.24) is 0 Å². The van der Waals surface area contributed by atoms with Gasteiger partial charge in [-0.25, -0.2) is 0 Å². The van der Waals surface area contributed by atoms with Crippen molar-refractivity contribution in [2.24, 2.45) is 0 Å². The Bertz CT molecular complexity index is 1060. The first-order valence-corrected chi connectivity index (χ1v) is 8.87. The van der Waals surface area contributed by atoms with Crippen molar-refractivity contribution >= 4 is 23.2 Å². The van der Waals surface area contributed by atoms with Gasteiger partial charge in [-0.2, -0.15) is 13.2 Å². The van der Waals surface area contributed by atoms with E-state index in [0.29, 0.717) is 27.8 Å². The molecule has 0 radical (unpaired) electrons. The smallest absolute Gasteiger partial charge is 0.416 e. The number of carboxylic acid groups (broad SMARTS) is 1. The van der Waals surface area contributed by atoms with E-state index in [4.69, 9.17) is 9.47 Å². The quantitative estimate of drug-likeness (QED) is 0.693. The fourth-order valence-electron chi connectivity index (χ4n) is 3.50. The molecule has 2 aromatic rings. The third-order valence-electron chi connectivity index (χ3n) is 4.96. The van der Waals surface area contributed by atoms with Crippen LogP contribution in [0.1, 0.15) is 35.6 Å². The average molecular weight is 420 g/mol. The maximum atomic E-state index is 13.2. The molecule has 0 amide bonds. The largest absolute Gasteiger partial charge is 0.502 e. The van der Waals surface area contributed by atoms with Crippen molar-refractivity contribution in [2.75, 3.05) is 14.2 Å². The van der Waals surface area contributed by atoms with Gasteiger partial charge in [-0.3, -0.25) is 4.79 Å². The van der Waals surface area contributed by atoms with Gasteiger partial charge < -0.3 is 19.7 Å². The number of hydrogen-bond acceptors (Lipinski definition) is 4. The highest BCUT2D eigenvalue weighted by Crippen LogP contribution is 2.46. The van der Waals surface area contributed by atoms with E-state index in [1.807, 2.05) is 0 Å². The van der Waals surface area contributed by atoms with Gasteiger partial charge in [0.1, 0.15) is 0 Å². The lowest BCUT2D eigenvalue weighted by Gasteiger charge is -2.12. The Labute approximate surface area is 170 Å². The summed E-state index contributed by atoms with van der Waals surface area (Å²) in [5.74, 6) is -0.983. The summed E-state index contributed by atoms with van der Waals surface area (Å²) in [5, 5.41) is 19.3. The molecule has 0 saturated carbocycles. The van der Waals surface area contributed by atoms with Crippen LogP contribution in [-0.2, 0) is 11.0 Å². The van der Waals surface area contributed by atoms with Crippen LogP contribution in [0.3, 0.4) is 0 Å². The van der Waals surface area contributed by atoms with E-state index >= 15 is 0 Å². The molecule has 5 nitrogen and oxygen atoms in total. The number of ether oxygens (including phenoxy) is 2. The molecule has 3 rings (SSSR count). The minimum absolute atomic E-state index is 0.166. The highest BCUT2D eigenvalue weighted by atomic mass is 19.4. The zero-order valence-corrected chi connectivity index (χ0v) is 16.4. The van der Waals surface area contributed by atoms with Gasteiger partial charge in [0.25, 0.3) is 0 Å². The van der Waals surface area contributed by atoms with Gasteiger partial charge in [0.05, 0.1) is 26.2 Å². The van der Waals surface area contributed by atoms with Crippen LogP contribution in [0.4, 0.5) is 13.2 Å². The number of phenolic OH excluding ortho intramolecular Hbond substituents is 1. The van der Waals surface area contributed by atoms with Crippen LogP contribution in [-0.4, -0.2) is 30.4 Å². The Kier molecular flexibility index (Phi) is 5.52. The maximum absolute atomic E-state index is 13.2. The number of aliphatic carboxylic acids is 1. The fraction of sp³-hybridized carbons (Fsp3) is 0.227. The van der Waals surface area contributed by atoms with Crippen LogP contribution in [0, 0.1) is 0 Å². The van der Waals surface area contributed by atoms with Crippen molar-refractivity contribution in [3.05, 3.63) is 58.2 Å². The molecule has 0 heterocycles. The molecule has 2 aromatic carbocycles. The molecule has 0 unspecified atom stereocenters. The van der Waals surface area contributed by atoms with Crippen LogP contribution in [0.5, 0.6) is 17.2 Å². The standard InChI is InChI=1S/C22H19F3O5/c1-11-15(6-12-7-18(29-2)21(28)19(8-12)30-3)14-5-4-13(22(23,24)25)9-17(14)16(11)10-20(26)27/h4-9,28H,10H2,1-3H3,(H,26,27)/b15-6-. The average Bonchev–Trinajstić information content (AvgIpc) is 2.93. The summed E-state index contributed by atoms with van der Waals surface area (Å²) in [4.78, 5) is 11.3. The van der Waals surface area contributed by atoms with Crippen molar-refractivity contribution < 1.29 is 37.7 Å². The topological polar surface area (TPSA) is 76.0 Å². The molecule has 158 valence electrons. The summed E-state index contributed by atoms with van der Waals surface area (Å²) in [7, 11) is 2.76. The predicted molar refractivity (Wildman–Crippen MR) is 105 cm³/mol. The Morgan fingerprint density at radius 1 is 1.07 bits per heavy atom. The van der Waals surface area contributed by atoms with E-state index in [1.54, 1.807) is 25.1 Å². The molecule has 0 fully saturated rings. The molecular formula is C22H19F3O5. The van der Waals surface area contributed by atoms with Crippen molar-refractivity contribution in [3.8, 4) is 17.2 Å². The summed E-state index contributed by atoms with van der Waals surface area (Å²) >= 11 is 0. The zero-order chi connectivity index (χ0) is 22.2. The summed E-state index contributed by atoms with van der Waals surface area (Å²) in [5.41, 5.74) is 1.95. The predicted octanol–water partition coefficient (Wildman–Crippen LogP) is 5.23. The number of benzene rings is 2. The molecule has 30 heavy (non-hydrogen) atoms. The van der Waals surface area contributed by atoms with Crippen LogP contribution in [0.15, 0.2) is 35.9 Å². The Morgan fingerprint density at radius 3 is 2.17 bits per heavy atom. The number of rotatable bonds is 5. The van der Waals surface area contributed by atoms with Crippen LogP contribution >= 0.6 is 0 Å². The molecule has 0 saturated heterocycles. The minimum Gasteiger partial charge on any atom is -0.502 e. The van der Waals surface area contributed by atoms with E-state index in [0.717, 1.165) is 12.1 Å². The van der Waals surface area contributed by atoms with Crippen LogP contribution in [0.25, 0.3) is 17.2 Å². The van der Waals surface area contributed by atoms with Gasteiger partial charge in [-0.15, -0.1) is 0 Å².